The Bertz CT molecular complexity index is 392. The van der Waals surface area contributed by atoms with Crippen molar-refractivity contribution in [3.05, 3.63) is 23.3 Å². The second-order valence-electron chi connectivity index (χ2n) is 5.47. The molecule has 0 radical (unpaired) electrons. The van der Waals surface area contributed by atoms with Crippen LogP contribution in [0.4, 0.5) is 5.69 Å². The fourth-order valence-electron chi connectivity index (χ4n) is 2.47. The van der Waals surface area contributed by atoms with Crippen LogP contribution in [0.5, 0.6) is 5.75 Å². The highest BCUT2D eigenvalue weighted by Gasteiger charge is 2.20. The zero-order chi connectivity index (χ0) is 12.4. The maximum Gasteiger partial charge on any atom is 0.123 e. The maximum atomic E-state index is 6.11. The number of rotatable bonds is 2. The predicted octanol–water partition coefficient (Wildman–Crippen LogP) is 3.84. The number of anilines is 1. The molecule has 1 aliphatic carbocycles. The smallest absolute Gasteiger partial charge is 0.123 e. The lowest BCUT2D eigenvalue weighted by Crippen LogP contribution is -2.23. The van der Waals surface area contributed by atoms with Gasteiger partial charge in [-0.1, -0.05) is 6.92 Å². The van der Waals surface area contributed by atoms with Gasteiger partial charge in [0.1, 0.15) is 5.75 Å². The maximum absolute atomic E-state index is 6.11. The van der Waals surface area contributed by atoms with E-state index in [-0.39, 0.29) is 0 Å². The van der Waals surface area contributed by atoms with E-state index >= 15 is 0 Å². The minimum atomic E-state index is 0.396. The van der Waals surface area contributed by atoms with Gasteiger partial charge >= 0.3 is 0 Å². The van der Waals surface area contributed by atoms with Crippen molar-refractivity contribution < 1.29 is 4.74 Å². The van der Waals surface area contributed by atoms with Gasteiger partial charge in [-0.25, -0.2) is 0 Å². The molecule has 2 heteroatoms. The SMILES string of the molecule is Cc1cc(OC2CCC(C)CC2)c(C)cc1N. The third kappa shape index (κ3) is 2.93. The molecule has 2 rings (SSSR count). The Kier molecular flexibility index (Phi) is 3.60. The molecule has 1 fully saturated rings. The van der Waals surface area contributed by atoms with Crippen LogP contribution in [-0.2, 0) is 0 Å². The summed E-state index contributed by atoms with van der Waals surface area (Å²) in [5.74, 6) is 1.88. The number of nitrogen functional groups attached to an aromatic ring is 1. The first kappa shape index (κ1) is 12.3. The molecule has 1 aromatic carbocycles. The largest absolute Gasteiger partial charge is 0.490 e. The molecule has 0 amide bonds. The summed E-state index contributed by atoms with van der Waals surface area (Å²) in [6, 6.07) is 4.08. The third-order valence-corrected chi connectivity index (χ3v) is 3.82. The first-order valence-corrected chi connectivity index (χ1v) is 6.59. The van der Waals surface area contributed by atoms with E-state index in [1.807, 2.05) is 13.0 Å². The van der Waals surface area contributed by atoms with Gasteiger partial charge in [0.2, 0.25) is 0 Å². The Hall–Kier alpha value is -1.18. The molecule has 0 heterocycles. The fourth-order valence-corrected chi connectivity index (χ4v) is 2.47. The van der Waals surface area contributed by atoms with Crippen molar-refractivity contribution >= 4 is 5.69 Å². The number of nitrogens with two attached hydrogens (primary N) is 1. The molecule has 0 aromatic heterocycles. The van der Waals surface area contributed by atoms with Gasteiger partial charge in [-0.05, 0) is 68.7 Å². The molecule has 17 heavy (non-hydrogen) atoms. The van der Waals surface area contributed by atoms with Crippen LogP contribution in [0.3, 0.4) is 0 Å². The standard InChI is InChI=1S/C15H23NO/c1-10-4-6-13(7-5-10)17-15-9-11(2)14(16)8-12(15)3/h8-10,13H,4-7,16H2,1-3H3. The second-order valence-corrected chi connectivity index (χ2v) is 5.47. The molecular weight excluding hydrogens is 210 g/mol. The van der Waals surface area contributed by atoms with Crippen molar-refractivity contribution in [1.29, 1.82) is 0 Å². The summed E-state index contributed by atoms with van der Waals surface area (Å²) in [4.78, 5) is 0. The van der Waals surface area contributed by atoms with Crippen molar-refractivity contribution in [2.75, 3.05) is 5.73 Å². The topological polar surface area (TPSA) is 35.2 Å². The summed E-state index contributed by atoms with van der Waals surface area (Å²) in [5.41, 5.74) is 8.99. The highest BCUT2D eigenvalue weighted by atomic mass is 16.5. The average Bonchev–Trinajstić information content (AvgIpc) is 2.29. The van der Waals surface area contributed by atoms with Crippen LogP contribution in [0.15, 0.2) is 12.1 Å². The zero-order valence-corrected chi connectivity index (χ0v) is 11.1. The summed E-state index contributed by atoms with van der Waals surface area (Å²) in [6.07, 6.45) is 5.34. The lowest BCUT2D eigenvalue weighted by Gasteiger charge is -2.27. The van der Waals surface area contributed by atoms with E-state index in [4.69, 9.17) is 10.5 Å². The predicted molar refractivity (Wildman–Crippen MR) is 72.4 cm³/mol. The molecule has 0 bridgehead atoms. The van der Waals surface area contributed by atoms with E-state index in [0.717, 1.165) is 28.5 Å². The first-order chi connectivity index (χ1) is 8.06. The lowest BCUT2D eigenvalue weighted by atomic mass is 9.89. The van der Waals surface area contributed by atoms with Gasteiger partial charge in [-0.2, -0.15) is 0 Å². The van der Waals surface area contributed by atoms with Crippen molar-refractivity contribution in [3.63, 3.8) is 0 Å². The van der Waals surface area contributed by atoms with E-state index in [2.05, 4.69) is 19.9 Å². The fraction of sp³-hybridized carbons (Fsp3) is 0.600. The van der Waals surface area contributed by atoms with Gasteiger partial charge in [0.25, 0.3) is 0 Å². The molecular formula is C15H23NO. The average molecular weight is 233 g/mol. The van der Waals surface area contributed by atoms with Gasteiger partial charge in [0.05, 0.1) is 6.10 Å². The van der Waals surface area contributed by atoms with Crippen LogP contribution < -0.4 is 10.5 Å². The molecule has 1 saturated carbocycles. The normalized spacial score (nSPS) is 24.6. The number of aryl methyl sites for hydroxylation is 2. The molecule has 0 aliphatic heterocycles. The van der Waals surface area contributed by atoms with Crippen LogP contribution in [0, 0.1) is 19.8 Å². The van der Waals surface area contributed by atoms with Gasteiger partial charge in [-0.3, -0.25) is 0 Å². The molecule has 94 valence electrons. The molecule has 1 aliphatic rings. The summed E-state index contributed by atoms with van der Waals surface area (Å²) in [7, 11) is 0. The van der Waals surface area contributed by atoms with E-state index in [1.54, 1.807) is 0 Å². The number of hydrogen-bond acceptors (Lipinski definition) is 2. The summed E-state index contributed by atoms with van der Waals surface area (Å²) < 4.78 is 6.11. The van der Waals surface area contributed by atoms with Gasteiger partial charge in [0, 0.05) is 5.69 Å². The molecule has 0 unspecified atom stereocenters. The Morgan fingerprint density at radius 2 is 1.71 bits per heavy atom. The Morgan fingerprint density at radius 1 is 1.06 bits per heavy atom. The minimum absolute atomic E-state index is 0.396. The minimum Gasteiger partial charge on any atom is -0.490 e. The number of hydrogen-bond donors (Lipinski definition) is 1. The molecule has 1 aromatic rings. The van der Waals surface area contributed by atoms with E-state index in [1.165, 1.54) is 25.7 Å². The molecule has 0 spiro atoms. The van der Waals surface area contributed by atoms with Crippen molar-refractivity contribution in [1.82, 2.24) is 0 Å². The van der Waals surface area contributed by atoms with E-state index in [9.17, 15) is 0 Å². The third-order valence-electron chi connectivity index (χ3n) is 3.82. The molecule has 0 saturated heterocycles. The van der Waals surface area contributed by atoms with Crippen LogP contribution in [0.25, 0.3) is 0 Å². The summed E-state index contributed by atoms with van der Waals surface area (Å²) >= 11 is 0. The van der Waals surface area contributed by atoms with Crippen LogP contribution in [-0.4, -0.2) is 6.10 Å². The van der Waals surface area contributed by atoms with Crippen LogP contribution in [0.1, 0.15) is 43.7 Å². The van der Waals surface area contributed by atoms with E-state index in [0.29, 0.717) is 6.10 Å². The Balaban J connectivity index is 2.06. The van der Waals surface area contributed by atoms with Crippen molar-refractivity contribution in [2.24, 2.45) is 5.92 Å². The molecule has 0 atom stereocenters. The quantitative estimate of drug-likeness (QED) is 0.788. The number of benzene rings is 1. The van der Waals surface area contributed by atoms with E-state index < -0.39 is 0 Å². The van der Waals surface area contributed by atoms with Crippen LogP contribution >= 0.6 is 0 Å². The summed E-state index contributed by atoms with van der Waals surface area (Å²) in [6.45, 7) is 6.43. The Morgan fingerprint density at radius 3 is 2.35 bits per heavy atom. The zero-order valence-electron chi connectivity index (χ0n) is 11.1. The number of ether oxygens (including phenoxy) is 1. The van der Waals surface area contributed by atoms with Gasteiger partial charge in [0.15, 0.2) is 0 Å². The van der Waals surface area contributed by atoms with Crippen LogP contribution in [0.2, 0.25) is 0 Å². The molecule has 2 nitrogen and oxygen atoms in total. The highest BCUT2D eigenvalue weighted by Crippen LogP contribution is 2.30. The lowest BCUT2D eigenvalue weighted by molar-refractivity contribution is 0.134. The second kappa shape index (κ2) is 4.99. The first-order valence-electron chi connectivity index (χ1n) is 6.59. The Labute approximate surface area is 104 Å². The monoisotopic (exact) mass is 233 g/mol. The molecule has 2 N–H and O–H groups in total. The van der Waals surface area contributed by atoms with Crippen molar-refractivity contribution in [3.8, 4) is 5.75 Å². The van der Waals surface area contributed by atoms with Gasteiger partial charge in [-0.15, -0.1) is 0 Å². The van der Waals surface area contributed by atoms with Gasteiger partial charge < -0.3 is 10.5 Å². The summed E-state index contributed by atoms with van der Waals surface area (Å²) in [5, 5.41) is 0. The van der Waals surface area contributed by atoms with Crippen molar-refractivity contribution in [2.45, 2.75) is 52.6 Å². The highest BCUT2D eigenvalue weighted by molar-refractivity contribution is 5.53.